The highest BCUT2D eigenvalue weighted by Gasteiger charge is 2.15. The first kappa shape index (κ1) is 13.7. The van der Waals surface area contributed by atoms with Gasteiger partial charge in [-0.15, -0.1) is 0 Å². The van der Waals surface area contributed by atoms with Gasteiger partial charge in [-0.05, 0) is 61.3 Å². The lowest BCUT2D eigenvalue weighted by Gasteiger charge is -2.20. The van der Waals surface area contributed by atoms with Gasteiger partial charge in [-0.25, -0.2) is 8.78 Å². The van der Waals surface area contributed by atoms with Crippen molar-refractivity contribution < 1.29 is 8.78 Å². The van der Waals surface area contributed by atoms with Crippen LogP contribution in [-0.2, 0) is 0 Å². The molecule has 0 fully saturated rings. The normalized spacial score (nSPS) is 12.5. The number of hydrogen-bond acceptors (Lipinski definition) is 1. The van der Waals surface area contributed by atoms with Gasteiger partial charge in [0.2, 0.25) is 0 Å². The van der Waals surface area contributed by atoms with Gasteiger partial charge in [0, 0.05) is 0 Å². The minimum absolute atomic E-state index is 0.143. The van der Waals surface area contributed by atoms with E-state index in [-0.39, 0.29) is 17.7 Å². The Morgan fingerprint density at radius 1 is 0.947 bits per heavy atom. The van der Waals surface area contributed by atoms with E-state index in [0.29, 0.717) is 5.56 Å². The van der Waals surface area contributed by atoms with E-state index in [4.69, 9.17) is 0 Å². The SMILES string of the molecule is CNC(c1ccc(C)c(F)c1)c1ccc(F)cc1C. The van der Waals surface area contributed by atoms with Gasteiger partial charge in [0.25, 0.3) is 0 Å². The summed E-state index contributed by atoms with van der Waals surface area (Å²) in [6.07, 6.45) is 0. The van der Waals surface area contributed by atoms with Crippen LogP contribution in [0, 0.1) is 25.5 Å². The molecule has 0 saturated heterocycles. The van der Waals surface area contributed by atoms with Crippen molar-refractivity contribution in [2.75, 3.05) is 7.05 Å². The zero-order chi connectivity index (χ0) is 14.0. The maximum absolute atomic E-state index is 13.7. The molecule has 0 heterocycles. The quantitative estimate of drug-likeness (QED) is 0.883. The zero-order valence-corrected chi connectivity index (χ0v) is 11.3. The summed E-state index contributed by atoms with van der Waals surface area (Å²) in [5.41, 5.74) is 3.25. The Balaban J connectivity index is 2.46. The van der Waals surface area contributed by atoms with Crippen LogP contribution in [0.1, 0.15) is 28.3 Å². The fourth-order valence-electron chi connectivity index (χ4n) is 2.25. The Hall–Kier alpha value is -1.74. The summed E-state index contributed by atoms with van der Waals surface area (Å²) < 4.78 is 26.8. The minimum atomic E-state index is -0.258. The first-order chi connectivity index (χ1) is 9.02. The average Bonchev–Trinajstić information content (AvgIpc) is 2.37. The van der Waals surface area contributed by atoms with E-state index in [1.54, 1.807) is 19.1 Å². The zero-order valence-electron chi connectivity index (χ0n) is 11.3. The Morgan fingerprint density at radius 3 is 2.26 bits per heavy atom. The van der Waals surface area contributed by atoms with Crippen LogP contribution in [0.2, 0.25) is 0 Å². The van der Waals surface area contributed by atoms with Gasteiger partial charge < -0.3 is 5.32 Å². The van der Waals surface area contributed by atoms with Crippen molar-refractivity contribution in [1.82, 2.24) is 5.32 Å². The van der Waals surface area contributed by atoms with Crippen molar-refractivity contribution in [2.45, 2.75) is 19.9 Å². The fourth-order valence-corrected chi connectivity index (χ4v) is 2.25. The summed E-state index contributed by atoms with van der Waals surface area (Å²) in [5, 5.41) is 3.15. The Kier molecular flexibility index (Phi) is 3.96. The molecule has 0 aliphatic carbocycles. The third-order valence-corrected chi connectivity index (χ3v) is 3.36. The molecule has 1 atom stereocenters. The molecule has 1 unspecified atom stereocenters. The molecular formula is C16H17F2N. The Morgan fingerprint density at radius 2 is 1.68 bits per heavy atom. The monoisotopic (exact) mass is 261 g/mol. The standard InChI is InChI=1S/C16H17F2N/c1-10-4-5-12(9-15(10)18)16(19-3)14-7-6-13(17)8-11(14)2/h4-9,16,19H,1-3H3. The van der Waals surface area contributed by atoms with E-state index in [1.165, 1.54) is 18.2 Å². The van der Waals surface area contributed by atoms with Crippen molar-refractivity contribution >= 4 is 0 Å². The van der Waals surface area contributed by atoms with Crippen LogP contribution in [0.5, 0.6) is 0 Å². The number of hydrogen-bond donors (Lipinski definition) is 1. The lowest BCUT2D eigenvalue weighted by molar-refractivity contribution is 0.605. The van der Waals surface area contributed by atoms with Crippen LogP contribution >= 0.6 is 0 Å². The van der Waals surface area contributed by atoms with Crippen LogP contribution < -0.4 is 5.32 Å². The van der Waals surface area contributed by atoms with E-state index >= 15 is 0 Å². The van der Waals surface area contributed by atoms with Crippen LogP contribution in [-0.4, -0.2) is 7.05 Å². The molecule has 100 valence electrons. The lowest BCUT2D eigenvalue weighted by Crippen LogP contribution is -2.19. The van der Waals surface area contributed by atoms with Gasteiger partial charge in [0.15, 0.2) is 0 Å². The summed E-state index contributed by atoms with van der Waals surface area (Å²) in [6, 6.07) is 9.69. The largest absolute Gasteiger partial charge is 0.309 e. The topological polar surface area (TPSA) is 12.0 Å². The Bertz CT molecular complexity index is 593. The number of benzene rings is 2. The molecule has 2 rings (SSSR count). The van der Waals surface area contributed by atoms with E-state index in [2.05, 4.69) is 5.32 Å². The van der Waals surface area contributed by atoms with E-state index in [0.717, 1.165) is 16.7 Å². The molecule has 1 nitrogen and oxygen atoms in total. The molecule has 0 radical (unpaired) electrons. The molecule has 0 bridgehead atoms. The average molecular weight is 261 g/mol. The highest BCUT2D eigenvalue weighted by molar-refractivity contribution is 5.38. The minimum Gasteiger partial charge on any atom is -0.309 e. The van der Waals surface area contributed by atoms with Crippen molar-refractivity contribution in [1.29, 1.82) is 0 Å². The van der Waals surface area contributed by atoms with Crippen LogP contribution in [0.4, 0.5) is 8.78 Å². The van der Waals surface area contributed by atoms with Crippen LogP contribution in [0.3, 0.4) is 0 Å². The van der Waals surface area contributed by atoms with Gasteiger partial charge in [0.1, 0.15) is 11.6 Å². The second-order valence-electron chi connectivity index (χ2n) is 4.73. The number of rotatable bonds is 3. The molecule has 0 spiro atoms. The Labute approximate surface area is 112 Å². The third-order valence-electron chi connectivity index (χ3n) is 3.36. The molecule has 1 N–H and O–H groups in total. The van der Waals surface area contributed by atoms with E-state index in [9.17, 15) is 8.78 Å². The van der Waals surface area contributed by atoms with Crippen molar-refractivity contribution in [3.05, 3.63) is 70.3 Å². The summed E-state index contributed by atoms with van der Waals surface area (Å²) in [7, 11) is 1.81. The van der Waals surface area contributed by atoms with Gasteiger partial charge >= 0.3 is 0 Å². The van der Waals surface area contributed by atoms with Gasteiger partial charge in [-0.2, -0.15) is 0 Å². The summed E-state index contributed by atoms with van der Waals surface area (Å²) >= 11 is 0. The molecule has 0 aliphatic rings. The summed E-state index contributed by atoms with van der Waals surface area (Å²) in [6.45, 7) is 3.59. The number of aryl methyl sites for hydroxylation is 2. The van der Waals surface area contributed by atoms with Gasteiger partial charge in [0.05, 0.1) is 6.04 Å². The lowest BCUT2D eigenvalue weighted by atomic mass is 9.94. The number of halogens is 2. The molecular weight excluding hydrogens is 244 g/mol. The first-order valence-corrected chi connectivity index (χ1v) is 6.22. The maximum Gasteiger partial charge on any atom is 0.126 e. The molecule has 2 aromatic carbocycles. The van der Waals surface area contributed by atoms with Gasteiger partial charge in [-0.3, -0.25) is 0 Å². The molecule has 0 aromatic heterocycles. The summed E-state index contributed by atoms with van der Waals surface area (Å²) in [5.74, 6) is -0.483. The smallest absolute Gasteiger partial charge is 0.126 e. The molecule has 3 heteroatoms. The van der Waals surface area contributed by atoms with Crippen molar-refractivity contribution in [2.24, 2.45) is 0 Å². The van der Waals surface area contributed by atoms with Crippen LogP contribution in [0.15, 0.2) is 36.4 Å². The fraction of sp³-hybridized carbons (Fsp3) is 0.250. The molecule has 0 amide bonds. The summed E-state index contributed by atoms with van der Waals surface area (Å²) in [4.78, 5) is 0. The number of nitrogens with one attached hydrogen (secondary N) is 1. The molecule has 0 saturated carbocycles. The van der Waals surface area contributed by atoms with E-state index in [1.807, 2.05) is 20.0 Å². The van der Waals surface area contributed by atoms with Gasteiger partial charge in [-0.1, -0.05) is 18.2 Å². The second kappa shape index (κ2) is 5.49. The predicted octanol–water partition coefficient (Wildman–Crippen LogP) is 3.89. The van der Waals surface area contributed by atoms with E-state index < -0.39 is 0 Å². The molecule has 0 aliphatic heterocycles. The second-order valence-corrected chi connectivity index (χ2v) is 4.73. The predicted molar refractivity (Wildman–Crippen MR) is 73.2 cm³/mol. The molecule has 2 aromatic rings. The molecule has 19 heavy (non-hydrogen) atoms. The first-order valence-electron chi connectivity index (χ1n) is 6.22. The maximum atomic E-state index is 13.7. The highest BCUT2D eigenvalue weighted by atomic mass is 19.1. The van der Waals surface area contributed by atoms with Crippen molar-refractivity contribution in [3.8, 4) is 0 Å². The van der Waals surface area contributed by atoms with Crippen LogP contribution in [0.25, 0.3) is 0 Å². The highest BCUT2D eigenvalue weighted by Crippen LogP contribution is 2.26. The third kappa shape index (κ3) is 2.82. The van der Waals surface area contributed by atoms with Crippen molar-refractivity contribution in [3.63, 3.8) is 0 Å².